The van der Waals surface area contributed by atoms with Crippen molar-refractivity contribution in [1.29, 1.82) is 0 Å². The van der Waals surface area contributed by atoms with E-state index in [0.29, 0.717) is 11.6 Å². The summed E-state index contributed by atoms with van der Waals surface area (Å²) in [5, 5.41) is 3.69. The van der Waals surface area contributed by atoms with E-state index in [2.05, 4.69) is 17.0 Å². The maximum Gasteiger partial charge on any atom is 0.159 e. The van der Waals surface area contributed by atoms with Gasteiger partial charge in [0.05, 0.1) is 11.9 Å². The van der Waals surface area contributed by atoms with Gasteiger partial charge in [0.25, 0.3) is 0 Å². The van der Waals surface area contributed by atoms with Crippen molar-refractivity contribution in [3.63, 3.8) is 0 Å². The lowest BCUT2D eigenvalue weighted by Gasteiger charge is -2.11. The van der Waals surface area contributed by atoms with E-state index in [-0.39, 0.29) is 0 Å². The minimum absolute atomic E-state index is 0.685. The van der Waals surface area contributed by atoms with Crippen molar-refractivity contribution in [2.75, 3.05) is 25.4 Å². The van der Waals surface area contributed by atoms with Gasteiger partial charge in [0, 0.05) is 13.0 Å². The quantitative estimate of drug-likeness (QED) is 0.785. The molecule has 4 nitrogen and oxygen atoms in total. The van der Waals surface area contributed by atoms with Crippen LogP contribution in [0.4, 0.5) is 5.69 Å². The second kappa shape index (κ2) is 4.00. The molecule has 1 aliphatic rings. The average molecular weight is 195 g/mol. The molecule has 1 fully saturated rings. The first-order valence-corrected chi connectivity index (χ1v) is 5.21. The van der Waals surface area contributed by atoms with Gasteiger partial charge in [0.15, 0.2) is 5.76 Å². The van der Waals surface area contributed by atoms with Crippen LogP contribution in [0, 0.1) is 5.92 Å². The maximum absolute atomic E-state index is 5.72. The Bertz CT molecular complexity index is 297. The van der Waals surface area contributed by atoms with E-state index in [1.807, 2.05) is 0 Å². The molecule has 1 aromatic heterocycles. The number of likely N-dealkylation sites (tertiary alicyclic amines) is 1. The van der Waals surface area contributed by atoms with Gasteiger partial charge in [-0.25, -0.2) is 0 Å². The molecule has 1 saturated heterocycles. The Morgan fingerprint density at radius 3 is 3.14 bits per heavy atom. The van der Waals surface area contributed by atoms with Crippen molar-refractivity contribution in [3.8, 4) is 0 Å². The first-order chi connectivity index (χ1) is 6.79. The Hall–Kier alpha value is -1.03. The molecule has 0 spiro atoms. The van der Waals surface area contributed by atoms with Crippen molar-refractivity contribution >= 4 is 5.69 Å². The van der Waals surface area contributed by atoms with E-state index in [1.54, 1.807) is 6.20 Å². The molecule has 1 aliphatic heterocycles. The van der Waals surface area contributed by atoms with Crippen LogP contribution in [-0.4, -0.2) is 29.7 Å². The summed E-state index contributed by atoms with van der Waals surface area (Å²) >= 11 is 0. The number of hydrogen-bond donors (Lipinski definition) is 1. The van der Waals surface area contributed by atoms with Crippen molar-refractivity contribution < 1.29 is 4.52 Å². The van der Waals surface area contributed by atoms with Gasteiger partial charge >= 0.3 is 0 Å². The molecule has 78 valence electrons. The highest BCUT2D eigenvalue weighted by Crippen LogP contribution is 2.22. The monoisotopic (exact) mass is 195 g/mol. The lowest BCUT2D eigenvalue weighted by atomic mass is 10.0. The van der Waals surface area contributed by atoms with Gasteiger partial charge < -0.3 is 15.2 Å². The number of rotatable bonds is 3. The van der Waals surface area contributed by atoms with Gasteiger partial charge in [0.1, 0.15) is 0 Å². The summed E-state index contributed by atoms with van der Waals surface area (Å²) in [5.41, 5.74) is 6.41. The molecule has 4 heteroatoms. The zero-order chi connectivity index (χ0) is 9.97. The SMILES string of the molecule is CCN1CCC(Cc2oncc2N)C1. The molecule has 0 amide bonds. The summed E-state index contributed by atoms with van der Waals surface area (Å²) in [6.07, 6.45) is 3.76. The number of nitrogen functional groups attached to an aromatic ring is 1. The van der Waals surface area contributed by atoms with Crippen LogP contribution in [0.25, 0.3) is 0 Å². The molecule has 0 saturated carbocycles. The number of nitrogens with zero attached hydrogens (tertiary/aromatic N) is 2. The lowest BCUT2D eigenvalue weighted by molar-refractivity contribution is 0.326. The van der Waals surface area contributed by atoms with Crippen LogP contribution in [0.15, 0.2) is 10.7 Å². The maximum atomic E-state index is 5.72. The van der Waals surface area contributed by atoms with Crippen LogP contribution in [-0.2, 0) is 6.42 Å². The Kier molecular flexibility index (Phi) is 2.72. The van der Waals surface area contributed by atoms with E-state index < -0.39 is 0 Å². The number of hydrogen-bond acceptors (Lipinski definition) is 4. The Morgan fingerprint density at radius 1 is 1.71 bits per heavy atom. The zero-order valence-corrected chi connectivity index (χ0v) is 8.57. The molecule has 1 atom stereocenters. The normalized spacial score (nSPS) is 23.1. The highest BCUT2D eigenvalue weighted by atomic mass is 16.5. The highest BCUT2D eigenvalue weighted by Gasteiger charge is 2.23. The van der Waals surface area contributed by atoms with E-state index in [4.69, 9.17) is 10.3 Å². The number of anilines is 1. The van der Waals surface area contributed by atoms with Crippen LogP contribution in [0.3, 0.4) is 0 Å². The molecule has 0 aliphatic carbocycles. The van der Waals surface area contributed by atoms with E-state index >= 15 is 0 Å². The standard InChI is InChI=1S/C10H17N3O/c1-2-13-4-3-8(7-13)5-10-9(11)6-12-14-10/h6,8H,2-5,7,11H2,1H3. The van der Waals surface area contributed by atoms with E-state index in [0.717, 1.165) is 25.3 Å². The second-order valence-corrected chi connectivity index (χ2v) is 3.96. The average Bonchev–Trinajstić information content (AvgIpc) is 2.77. The van der Waals surface area contributed by atoms with Gasteiger partial charge in [-0.1, -0.05) is 12.1 Å². The predicted octanol–water partition coefficient (Wildman–Crippen LogP) is 1.14. The van der Waals surface area contributed by atoms with Crippen LogP contribution < -0.4 is 5.73 Å². The van der Waals surface area contributed by atoms with Gasteiger partial charge in [-0.3, -0.25) is 0 Å². The van der Waals surface area contributed by atoms with E-state index in [1.165, 1.54) is 13.0 Å². The summed E-state index contributed by atoms with van der Waals surface area (Å²) in [4.78, 5) is 2.46. The molecular weight excluding hydrogens is 178 g/mol. The molecule has 2 rings (SSSR count). The molecule has 2 N–H and O–H groups in total. The first kappa shape index (κ1) is 9.52. The zero-order valence-electron chi connectivity index (χ0n) is 8.57. The number of nitrogens with two attached hydrogens (primary N) is 1. The van der Waals surface area contributed by atoms with Crippen LogP contribution in [0.2, 0.25) is 0 Å². The van der Waals surface area contributed by atoms with Crippen LogP contribution >= 0.6 is 0 Å². The Morgan fingerprint density at radius 2 is 2.57 bits per heavy atom. The molecule has 0 aromatic carbocycles. The molecule has 2 heterocycles. The molecule has 14 heavy (non-hydrogen) atoms. The third kappa shape index (κ3) is 1.90. The number of aromatic nitrogens is 1. The molecule has 0 radical (unpaired) electrons. The summed E-state index contributed by atoms with van der Waals surface area (Å²) in [5.74, 6) is 1.54. The Balaban J connectivity index is 1.90. The third-order valence-corrected chi connectivity index (χ3v) is 2.97. The fourth-order valence-corrected chi connectivity index (χ4v) is 2.06. The topological polar surface area (TPSA) is 55.3 Å². The summed E-state index contributed by atoms with van der Waals surface area (Å²) in [7, 11) is 0. The van der Waals surface area contributed by atoms with Gasteiger partial charge in [-0.05, 0) is 25.4 Å². The van der Waals surface area contributed by atoms with E-state index in [9.17, 15) is 0 Å². The smallest absolute Gasteiger partial charge is 0.159 e. The van der Waals surface area contributed by atoms with Crippen molar-refractivity contribution in [3.05, 3.63) is 12.0 Å². The first-order valence-electron chi connectivity index (χ1n) is 5.21. The summed E-state index contributed by atoms with van der Waals surface area (Å²) < 4.78 is 5.10. The fraction of sp³-hybridized carbons (Fsp3) is 0.700. The summed E-state index contributed by atoms with van der Waals surface area (Å²) in [6, 6.07) is 0. The van der Waals surface area contributed by atoms with Crippen molar-refractivity contribution in [2.45, 2.75) is 19.8 Å². The fourth-order valence-electron chi connectivity index (χ4n) is 2.06. The molecule has 1 unspecified atom stereocenters. The molecular formula is C10H17N3O. The van der Waals surface area contributed by atoms with Crippen molar-refractivity contribution in [1.82, 2.24) is 10.1 Å². The van der Waals surface area contributed by atoms with Crippen LogP contribution in [0.5, 0.6) is 0 Å². The van der Waals surface area contributed by atoms with Gasteiger partial charge in [-0.15, -0.1) is 0 Å². The highest BCUT2D eigenvalue weighted by molar-refractivity contribution is 5.38. The van der Waals surface area contributed by atoms with Crippen molar-refractivity contribution in [2.24, 2.45) is 5.92 Å². The second-order valence-electron chi connectivity index (χ2n) is 3.96. The van der Waals surface area contributed by atoms with Gasteiger partial charge in [0.2, 0.25) is 0 Å². The summed E-state index contributed by atoms with van der Waals surface area (Å²) in [6.45, 7) is 5.71. The minimum atomic E-state index is 0.685. The van der Waals surface area contributed by atoms with Crippen LogP contribution in [0.1, 0.15) is 19.1 Å². The predicted molar refractivity (Wildman–Crippen MR) is 54.8 cm³/mol. The molecule has 1 aromatic rings. The lowest BCUT2D eigenvalue weighted by Crippen LogP contribution is -2.20. The Labute approximate surface area is 84.0 Å². The largest absolute Gasteiger partial charge is 0.395 e. The minimum Gasteiger partial charge on any atom is -0.395 e. The third-order valence-electron chi connectivity index (χ3n) is 2.97. The molecule has 0 bridgehead atoms. The van der Waals surface area contributed by atoms with Gasteiger partial charge in [-0.2, -0.15) is 0 Å².